The number of rotatable bonds is 2. The van der Waals surface area contributed by atoms with Crippen molar-refractivity contribution in [2.75, 3.05) is 5.75 Å². The minimum absolute atomic E-state index is 0.00882. The second kappa shape index (κ2) is 3.31. The number of sulfonamides is 1. The van der Waals surface area contributed by atoms with Gasteiger partial charge in [-0.1, -0.05) is 0 Å². The van der Waals surface area contributed by atoms with E-state index in [1.807, 2.05) is 0 Å². The van der Waals surface area contributed by atoms with Crippen LogP contribution in [0.25, 0.3) is 0 Å². The summed E-state index contributed by atoms with van der Waals surface area (Å²) in [5.41, 5.74) is -0.927. The molecule has 0 bridgehead atoms. The second-order valence-corrected chi connectivity index (χ2v) is 7.06. The van der Waals surface area contributed by atoms with Crippen LogP contribution in [0.1, 0.15) is 12.8 Å². The molecule has 0 spiro atoms. The predicted molar refractivity (Wildman–Crippen MR) is 53.4 cm³/mol. The Morgan fingerprint density at radius 2 is 2.07 bits per heavy atom. The summed E-state index contributed by atoms with van der Waals surface area (Å²) in [7, 11) is -6.82. The van der Waals surface area contributed by atoms with Crippen LogP contribution in [0, 0.1) is 0 Å². The van der Waals surface area contributed by atoms with E-state index in [1.165, 1.54) is 0 Å². The normalized spacial score (nSPS) is 31.5. The quantitative estimate of drug-likeness (QED) is 0.677. The van der Waals surface area contributed by atoms with Gasteiger partial charge in [0.15, 0.2) is 21.0 Å². The molecule has 0 aromatic heterocycles. The van der Waals surface area contributed by atoms with E-state index in [0.29, 0.717) is 12.8 Å². The fourth-order valence-electron chi connectivity index (χ4n) is 1.44. The molecule has 0 N–H and O–H groups in total. The molecule has 0 radical (unpaired) electrons. The summed E-state index contributed by atoms with van der Waals surface area (Å²) >= 11 is 0. The van der Waals surface area contributed by atoms with E-state index in [4.69, 9.17) is 4.74 Å². The van der Waals surface area contributed by atoms with Crippen LogP contribution in [-0.2, 0) is 24.6 Å². The Kier molecular flexibility index (Phi) is 2.34. The third kappa shape index (κ3) is 2.20. The largest absolute Gasteiger partial charge is 0.472 e. The van der Waals surface area contributed by atoms with Gasteiger partial charge in [-0.3, -0.25) is 0 Å². The zero-order valence-corrected chi connectivity index (χ0v) is 9.29. The van der Waals surface area contributed by atoms with Crippen LogP contribution in [0.4, 0.5) is 0 Å². The van der Waals surface area contributed by atoms with Gasteiger partial charge < -0.3 is 4.74 Å². The molecule has 15 heavy (non-hydrogen) atoms. The lowest BCUT2D eigenvalue weighted by Gasteiger charge is -2.10. The first kappa shape index (κ1) is 10.6. The molecule has 0 aromatic carbocycles. The van der Waals surface area contributed by atoms with Gasteiger partial charge in [0, 0.05) is 0 Å². The lowest BCUT2D eigenvalue weighted by Crippen LogP contribution is -2.19. The average Bonchev–Trinajstić information content (AvgIpc) is 2.57. The van der Waals surface area contributed by atoms with E-state index in [-0.39, 0.29) is 11.5 Å². The Bertz CT molecular complexity index is 528. The lowest BCUT2D eigenvalue weighted by atomic mass is 10.4. The standard InChI is InChI=1S/C7H9NO5S2/c9-14(10)3-1-2-7(14)13-6-4-8-15(11,12)5-6/h4-5,7H,1-3H2. The van der Waals surface area contributed by atoms with E-state index in [2.05, 4.69) is 4.40 Å². The Hall–Kier alpha value is -0.890. The van der Waals surface area contributed by atoms with E-state index in [1.54, 1.807) is 0 Å². The molecule has 0 aliphatic carbocycles. The topological polar surface area (TPSA) is 89.9 Å². The summed E-state index contributed by atoms with van der Waals surface area (Å²) in [4.78, 5) is 0. The van der Waals surface area contributed by atoms with Crippen molar-refractivity contribution in [3.8, 4) is 0 Å². The smallest absolute Gasteiger partial charge is 0.279 e. The lowest BCUT2D eigenvalue weighted by molar-refractivity contribution is 0.196. The summed E-state index contributed by atoms with van der Waals surface area (Å²) in [6.45, 7) is 0. The maximum Gasteiger partial charge on any atom is 0.279 e. The maximum atomic E-state index is 11.4. The van der Waals surface area contributed by atoms with Crippen LogP contribution >= 0.6 is 0 Å². The molecule has 1 atom stereocenters. The molecule has 2 heterocycles. The first-order chi connectivity index (χ1) is 6.89. The van der Waals surface area contributed by atoms with Crippen molar-refractivity contribution in [3.05, 3.63) is 11.2 Å². The van der Waals surface area contributed by atoms with Crippen molar-refractivity contribution in [3.63, 3.8) is 0 Å². The van der Waals surface area contributed by atoms with Crippen molar-refractivity contribution in [2.24, 2.45) is 4.40 Å². The van der Waals surface area contributed by atoms with Gasteiger partial charge in [-0.25, -0.2) is 8.42 Å². The molecule has 6 nitrogen and oxygen atoms in total. The molecule has 1 saturated heterocycles. The van der Waals surface area contributed by atoms with Crippen LogP contribution in [0.5, 0.6) is 0 Å². The summed E-state index contributed by atoms with van der Waals surface area (Å²) in [5, 5.41) is 0.820. The highest BCUT2D eigenvalue weighted by Gasteiger charge is 2.34. The number of hydrogen-bond donors (Lipinski definition) is 0. The molecular formula is C7H9NO5S2. The average molecular weight is 251 g/mol. The molecule has 0 aromatic rings. The van der Waals surface area contributed by atoms with Crippen molar-refractivity contribution in [1.82, 2.24) is 0 Å². The molecule has 0 saturated carbocycles. The van der Waals surface area contributed by atoms with Gasteiger partial charge in [0.1, 0.15) is 0 Å². The number of ether oxygens (including phenoxy) is 1. The Balaban J connectivity index is 2.16. The highest BCUT2D eigenvalue weighted by molar-refractivity contribution is 7.93. The Morgan fingerprint density at radius 3 is 2.53 bits per heavy atom. The zero-order chi connectivity index (χ0) is 11.1. The summed E-state index contributed by atoms with van der Waals surface area (Å²) < 4.78 is 52.7. The van der Waals surface area contributed by atoms with Gasteiger partial charge in [0.2, 0.25) is 0 Å². The minimum Gasteiger partial charge on any atom is -0.472 e. The molecule has 8 heteroatoms. The van der Waals surface area contributed by atoms with Crippen molar-refractivity contribution in [1.29, 1.82) is 0 Å². The van der Waals surface area contributed by atoms with Gasteiger partial charge >= 0.3 is 0 Å². The van der Waals surface area contributed by atoms with Crippen LogP contribution < -0.4 is 0 Å². The second-order valence-electron chi connectivity index (χ2n) is 3.33. The number of hydrogen-bond acceptors (Lipinski definition) is 5. The van der Waals surface area contributed by atoms with E-state index >= 15 is 0 Å². The summed E-state index contributed by atoms with van der Waals surface area (Å²) in [6.07, 6.45) is 1.96. The van der Waals surface area contributed by atoms with Crippen LogP contribution in [0.2, 0.25) is 0 Å². The SMILES string of the molecule is O=S1(=O)C=C(OC2CCCS2(=O)=O)C=N1. The van der Waals surface area contributed by atoms with Crippen LogP contribution in [0.3, 0.4) is 0 Å². The fraction of sp³-hybridized carbons (Fsp3) is 0.571. The number of sulfone groups is 1. The Morgan fingerprint density at radius 1 is 1.33 bits per heavy atom. The van der Waals surface area contributed by atoms with Crippen LogP contribution in [0.15, 0.2) is 15.6 Å². The maximum absolute atomic E-state index is 11.4. The third-order valence-electron chi connectivity index (χ3n) is 2.13. The van der Waals surface area contributed by atoms with Crippen LogP contribution in [-0.4, -0.2) is 34.2 Å². The first-order valence-electron chi connectivity index (χ1n) is 4.29. The highest BCUT2D eigenvalue weighted by Crippen LogP contribution is 2.24. The van der Waals surface area contributed by atoms with Crippen molar-refractivity contribution >= 4 is 26.1 Å². The van der Waals surface area contributed by atoms with Gasteiger partial charge in [-0.15, -0.1) is 0 Å². The Labute approximate surface area is 87.6 Å². The zero-order valence-electron chi connectivity index (χ0n) is 7.66. The van der Waals surface area contributed by atoms with Gasteiger partial charge in [0.25, 0.3) is 10.0 Å². The molecule has 0 amide bonds. The number of nitrogens with zero attached hydrogens (tertiary/aromatic N) is 1. The highest BCUT2D eigenvalue weighted by atomic mass is 32.2. The first-order valence-corrected chi connectivity index (χ1v) is 7.51. The fourth-order valence-corrected chi connectivity index (χ4v) is 3.77. The molecule has 2 aliphatic heterocycles. The van der Waals surface area contributed by atoms with Gasteiger partial charge in [0.05, 0.1) is 17.4 Å². The monoisotopic (exact) mass is 251 g/mol. The molecule has 1 unspecified atom stereocenters. The molecule has 2 rings (SSSR count). The number of allylic oxidation sites excluding steroid dienone is 1. The minimum atomic E-state index is -3.59. The molecular weight excluding hydrogens is 242 g/mol. The van der Waals surface area contributed by atoms with E-state index in [9.17, 15) is 16.8 Å². The molecule has 2 aliphatic rings. The van der Waals surface area contributed by atoms with E-state index in [0.717, 1.165) is 11.6 Å². The van der Waals surface area contributed by atoms with Crippen molar-refractivity contribution < 1.29 is 21.6 Å². The summed E-state index contributed by atoms with van der Waals surface area (Å²) in [5.74, 6) is 0.0833. The van der Waals surface area contributed by atoms with E-state index < -0.39 is 25.3 Å². The van der Waals surface area contributed by atoms with Gasteiger partial charge in [-0.2, -0.15) is 12.8 Å². The molecule has 84 valence electrons. The summed E-state index contributed by atoms with van der Waals surface area (Å²) in [6, 6.07) is 0. The predicted octanol–water partition coefficient (Wildman–Crippen LogP) is -0.207. The van der Waals surface area contributed by atoms with Gasteiger partial charge in [-0.05, 0) is 12.8 Å². The third-order valence-corrected chi connectivity index (χ3v) is 5.05. The van der Waals surface area contributed by atoms with Crippen molar-refractivity contribution in [2.45, 2.75) is 18.3 Å². The molecule has 1 fully saturated rings.